The van der Waals surface area contributed by atoms with Gasteiger partial charge in [0, 0.05) is 18.1 Å². The number of hydrogen-bond donors (Lipinski definition) is 1. The van der Waals surface area contributed by atoms with Crippen LogP contribution in [0.15, 0.2) is 72.8 Å². The predicted octanol–water partition coefficient (Wildman–Crippen LogP) is 5.20. The highest BCUT2D eigenvalue weighted by Crippen LogP contribution is 2.29. The molecular weight excluding hydrogens is 464 g/mol. The second-order valence-electron chi connectivity index (χ2n) is 8.12. The van der Waals surface area contributed by atoms with Gasteiger partial charge >= 0.3 is 0 Å². The van der Waals surface area contributed by atoms with Crippen molar-refractivity contribution in [3.63, 3.8) is 0 Å². The van der Waals surface area contributed by atoms with E-state index in [0.717, 1.165) is 23.1 Å². The van der Waals surface area contributed by atoms with Crippen molar-refractivity contribution in [2.24, 2.45) is 0 Å². The zero-order valence-corrected chi connectivity index (χ0v) is 21.0. The maximum Gasteiger partial charge on any atom is 0.247 e. The van der Waals surface area contributed by atoms with E-state index in [2.05, 4.69) is 5.32 Å². The quantitative estimate of drug-likeness (QED) is 0.398. The van der Waals surface area contributed by atoms with Crippen molar-refractivity contribution < 1.29 is 19.1 Å². The van der Waals surface area contributed by atoms with E-state index in [1.807, 2.05) is 55.5 Å². The maximum absolute atomic E-state index is 13.8. The molecule has 0 saturated carbocycles. The minimum atomic E-state index is -0.786. The third kappa shape index (κ3) is 6.99. The van der Waals surface area contributed by atoms with E-state index in [0.29, 0.717) is 23.1 Å². The molecule has 0 fully saturated rings. The number of carbonyl (C=O) groups is 2. The summed E-state index contributed by atoms with van der Waals surface area (Å²) in [4.78, 5) is 28.8. The second-order valence-corrected chi connectivity index (χ2v) is 8.55. The summed E-state index contributed by atoms with van der Waals surface area (Å²) in [6, 6.07) is 21.3. The van der Waals surface area contributed by atoms with Crippen molar-refractivity contribution in [2.45, 2.75) is 32.4 Å². The Hall–Kier alpha value is -3.51. The van der Waals surface area contributed by atoms with Gasteiger partial charge in [-0.15, -0.1) is 0 Å². The van der Waals surface area contributed by atoms with Crippen molar-refractivity contribution in [3.8, 4) is 11.5 Å². The molecule has 2 amide bonds. The van der Waals surface area contributed by atoms with Gasteiger partial charge < -0.3 is 19.7 Å². The fraction of sp³-hybridized carbons (Fsp3) is 0.286. The van der Waals surface area contributed by atoms with Gasteiger partial charge in [-0.3, -0.25) is 9.59 Å². The molecule has 0 aliphatic rings. The van der Waals surface area contributed by atoms with E-state index >= 15 is 0 Å². The number of halogens is 1. The standard InChI is InChI=1S/C28H31ClN2O4/c1-4-16-30-28(33)27(22-8-6-5-7-9-22)31(19-20-10-13-23(29)14-11-20)26(32)18-21-12-15-24(34-2)25(17-21)35-3/h5-15,17,27H,4,16,18-19H2,1-3H3,(H,30,33)/t27-/m1/s1. The smallest absolute Gasteiger partial charge is 0.247 e. The van der Waals surface area contributed by atoms with Crippen LogP contribution in [0.3, 0.4) is 0 Å². The maximum atomic E-state index is 13.8. The zero-order chi connectivity index (χ0) is 25.2. The molecule has 0 aromatic heterocycles. The number of carbonyl (C=O) groups excluding carboxylic acids is 2. The van der Waals surface area contributed by atoms with Crippen LogP contribution < -0.4 is 14.8 Å². The number of amides is 2. The number of nitrogens with one attached hydrogen (secondary N) is 1. The van der Waals surface area contributed by atoms with Gasteiger partial charge in [0.25, 0.3) is 0 Å². The molecule has 1 atom stereocenters. The molecule has 0 spiro atoms. The Morgan fingerprint density at radius 2 is 1.57 bits per heavy atom. The van der Waals surface area contributed by atoms with Gasteiger partial charge in [-0.1, -0.05) is 67.1 Å². The zero-order valence-electron chi connectivity index (χ0n) is 20.3. The lowest BCUT2D eigenvalue weighted by molar-refractivity contribution is -0.141. The normalized spacial score (nSPS) is 11.4. The molecule has 3 aromatic rings. The first kappa shape index (κ1) is 26.1. The number of nitrogens with zero attached hydrogens (tertiary/aromatic N) is 1. The SMILES string of the molecule is CCCNC(=O)[C@@H](c1ccccc1)N(Cc1ccc(Cl)cc1)C(=O)Cc1ccc(OC)c(OC)c1. The van der Waals surface area contributed by atoms with Crippen LogP contribution in [0.2, 0.25) is 5.02 Å². The van der Waals surface area contributed by atoms with Gasteiger partial charge in [-0.05, 0) is 47.4 Å². The van der Waals surface area contributed by atoms with Crippen molar-refractivity contribution in [2.75, 3.05) is 20.8 Å². The summed E-state index contributed by atoms with van der Waals surface area (Å²) in [5.41, 5.74) is 2.38. The van der Waals surface area contributed by atoms with Gasteiger partial charge in [-0.25, -0.2) is 0 Å². The lowest BCUT2D eigenvalue weighted by Crippen LogP contribution is -2.44. The van der Waals surface area contributed by atoms with Gasteiger partial charge in [0.1, 0.15) is 6.04 Å². The van der Waals surface area contributed by atoms with Crippen LogP contribution in [-0.2, 0) is 22.6 Å². The number of benzene rings is 3. The van der Waals surface area contributed by atoms with E-state index < -0.39 is 6.04 Å². The van der Waals surface area contributed by atoms with Crippen LogP contribution in [0, 0.1) is 0 Å². The van der Waals surface area contributed by atoms with Gasteiger partial charge in [-0.2, -0.15) is 0 Å². The molecule has 3 aromatic carbocycles. The van der Waals surface area contributed by atoms with Crippen LogP contribution in [0.5, 0.6) is 11.5 Å². The monoisotopic (exact) mass is 494 g/mol. The molecule has 0 saturated heterocycles. The average molecular weight is 495 g/mol. The van der Waals surface area contributed by atoms with Crippen LogP contribution in [0.1, 0.15) is 36.1 Å². The van der Waals surface area contributed by atoms with Crippen molar-refractivity contribution >= 4 is 23.4 Å². The van der Waals surface area contributed by atoms with Gasteiger partial charge in [0.05, 0.1) is 20.6 Å². The summed E-state index contributed by atoms with van der Waals surface area (Å²) in [5.74, 6) is 0.727. The summed E-state index contributed by atoms with van der Waals surface area (Å²) in [6.07, 6.45) is 0.891. The highest BCUT2D eigenvalue weighted by molar-refractivity contribution is 6.30. The number of methoxy groups -OCH3 is 2. The van der Waals surface area contributed by atoms with E-state index in [9.17, 15) is 9.59 Å². The van der Waals surface area contributed by atoms with E-state index in [1.54, 1.807) is 43.4 Å². The highest BCUT2D eigenvalue weighted by atomic mass is 35.5. The van der Waals surface area contributed by atoms with Crippen molar-refractivity contribution in [1.82, 2.24) is 10.2 Å². The summed E-state index contributed by atoms with van der Waals surface area (Å²) in [7, 11) is 3.12. The van der Waals surface area contributed by atoms with Crippen LogP contribution >= 0.6 is 11.6 Å². The first-order chi connectivity index (χ1) is 17.0. The minimum Gasteiger partial charge on any atom is -0.493 e. The van der Waals surface area contributed by atoms with Crippen LogP contribution in [0.25, 0.3) is 0 Å². The van der Waals surface area contributed by atoms with E-state index in [1.165, 1.54) is 0 Å². The molecule has 35 heavy (non-hydrogen) atoms. The van der Waals surface area contributed by atoms with Crippen molar-refractivity contribution in [1.29, 1.82) is 0 Å². The highest BCUT2D eigenvalue weighted by Gasteiger charge is 2.31. The Balaban J connectivity index is 1.99. The van der Waals surface area contributed by atoms with E-state index in [4.69, 9.17) is 21.1 Å². The largest absolute Gasteiger partial charge is 0.493 e. The first-order valence-electron chi connectivity index (χ1n) is 11.5. The molecule has 0 aliphatic carbocycles. The van der Waals surface area contributed by atoms with Crippen LogP contribution in [0.4, 0.5) is 0 Å². The van der Waals surface area contributed by atoms with Crippen molar-refractivity contribution in [3.05, 3.63) is 94.5 Å². The van der Waals surface area contributed by atoms with Gasteiger partial charge in [0.15, 0.2) is 11.5 Å². The predicted molar refractivity (Wildman–Crippen MR) is 138 cm³/mol. The average Bonchev–Trinajstić information content (AvgIpc) is 2.88. The Kier molecular flexibility index (Phi) is 9.56. The Bertz CT molecular complexity index is 1120. The molecule has 0 aliphatic heterocycles. The topological polar surface area (TPSA) is 67.9 Å². The Morgan fingerprint density at radius 1 is 0.914 bits per heavy atom. The molecule has 0 radical (unpaired) electrons. The summed E-state index contributed by atoms with van der Waals surface area (Å²) in [6.45, 7) is 2.77. The minimum absolute atomic E-state index is 0.0956. The molecule has 0 unspecified atom stereocenters. The fourth-order valence-electron chi connectivity index (χ4n) is 3.83. The van der Waals surface area contributed by atoms with Gasteiger partial charge in [0.2, 0.25) is 11.8 Å². The molecule has 0 bridgehead atoms. The van der Waals surface area contributed by atoms with E-state index in [-0.39, 0.29) is 24.8 Å². The summed E-state index contributed by atoms with van der Waals surface area (Å²) >= 11 is 6.07. The summed E-state index contributed by atoms with van der Waals surface area (Å²) in [5, 5.41) is 3.58. The third-order valence-corrected chi connectivity index (χ3v) is 5.87. The summed E-state index contributed by atoms with van der Waals surface area (Å²) < 4.78 is 10.7. The lowest BCUT2D eigenvalue weighted by atomic mass is 10.0. The molecule has 7 heteroatoms. The molecule has 184 valence electrons. The molecule has 3 rings (SSSR count). The molecule has 6 nitrogen and oxygen atoms in total. The number of ether oxygens (including phenoxy) is 2. The Morgan fingerprint density at radius 3 is 2.20 bits per heavy atom. The number of rotatable bonds is 11. The molecule has 1 N–H and O–H groups in total. The fourth-order valence-corrected chi connectivity index (χ4v) is 3.96. The molecular formula is C28H31ClN2O4. The Labute approximate surface area is 211 Å². The third-order valence-electron chi connectivity index (χ3n) is 5.61. The van der Waals surface area contributed by atoms with Crippen LogP contribution in [-0.4, -0.2) is 37.5 Å². The molecule has 0 heterocycles. The lowest BCUT2D eigenvalue weighted by Gasteiger charge is -2.32. The second kappa shape index (κ2) is 12.8. The number of hydrogen-bond acceptors (Lipinski definition) is 4. The first-order valence-corrected chi connectivity index (χ1v) is 11.9.